The number of nitrogens with zero attached hydrogens (tertiary/aromatic N) is 2. The van der Waals surface area contributed by atoms with Gasteiger partial charge in [0.1, 0.15) is 23.8 Å². The number of fused-ring (bicyclic) bond motifs is 1. The van der Waals surface area contributed by atoms with Crippen molar-refractivity contribution in [3.8, 4) is 5.75 Å². The third kappa shape index (κ3) is 4.43. The van der Waals surface area contributed by atoms with Crippen LogP contribution in [0.15, 0.2) is 65.2 Å². The molecule has 0 aliphatic rings. The van der Waals surface area contributed by atoms with E-state index in [0.717, 1.165) is 16.5 Å². The molecule has 0 aliphatic carbocycles. The van der Waals surface area contributed by atoms with Crippen molar-refractivity contribution in [2.24, 2.45) is 0 Å². The first kappa shape index (κ1) is 19.1. The third-order valence-corrected chi connectivity index (χ3v) is 4.83. The highest BCUT2D eigenvalue weighted by atomic mass is 35.5. The molecule has 2 heterocycles. The fourth-order valence-corrected chi connectivity index (χ4v) is 3.18. The minimum Gasteiger partial charge on any atom is -0.486 e. The van der Waals surface area contributed by atoms with Gasteiger partial charge in [-0.3, -0.25) is 9.48 Å². The van der Waals surface area contributed by atoms with Gasteiger partial charge in [-0.05, 0) is 42.0 Å². The molecule has 0 fully saturated rings. The highest BCUT2D eigenvalue weighted by Gasteiger charge is 2.13. The third-order valence-electron chi connectivity index (χ3n) is 4.52. The molecule has 6 nitrogen and oxygen atoms in total. The van der Waals surface area contributed by atoms with Crippen LogP contribution in [0.5, 0.6) is 5.75 Å². The lowest BCUT2D eigenvalue weighted by Crippen LogP contribution is -2.22. The molecular weight excluding hydrogens is 390 g/mol. The van der Waals surface area contributed by atoms with Crippen molar-refractivity contribution in [3.63, 3.8) is 0 Å². The Hall–Kier alpha value is -3.25. The second kappa shape index (κ2) is 8.41. The fraction of sp³-hybridized carbons (Fsp3) is 0.182. The number of halogens is 1. The molecule has 2 aromatic heterocycles. The SMILES string of the molecule is CCn1cc(Cl)c(CNC(=O)c2ccc(COc3ccc4ccccc4c3)o2)n1. The van der Waals surface area contributed by atoms with Crippen LogP contribution in [0.2, 0.25) is 5.02 Å². The Morgan fingerprint density at radius 1 is 1.17 bits per heavy atom. The van der Waals surface area contributed by atoms with E-state index in [2.05, 4.69) is 16.5 Å². The first-order chi connectivity index (χ1) is 14.1. The van der Waals surface area contributed by atoms with Gasteiger partial charge in [0, 0.05) is 12.7 Å². The maximum absolute atomic E-state index is 12.3. The van der Waals surface area contributed by atoms with Gasteiger partial charge >= 0.3 is 0 Å². The first-order valence-corrected chi connectivity index (χ1v) is 9.70. The number of aromatic nitrogens is 2. The highest BCUT2D eigenvalue weighted by molar-refractivity contribution is 6.31. The average Bonchev–Trinajstić information content (AvgIpc) is 3.37. The van der Waals surface area contributed by atoms with E-state index in [-0.39, 0.29) is 24.8 Å². The van der Waals surface area contributed by atoms with Crippen LogP contribution in [0.25, 0.3) is 10.8 Å². The minimum absolute atomic E-state index is 0.216. The van der Waals surface area contributed by atoms with Gasteiger partial charge in [-0.1, -0.05) is 41.9 Å². The number of hydrogen-bond acceptors (Lipinski definition) is 4. The first-order valence-electron chi connectivity index (χ1n) is 9.32. The largest absolute Gasteiger partial charge is 0.486 e. The number of rotatable bonds is 7. The molecule has 0 atom stereocenters. The van der Waals surface area contributed by atoms with Crippen LogP contribution in [0.4, 0.5) is 0 Å². The van der Waals surface area contributed by atoms with Gasteiger partial charge in [-0.2, -0.15) is 5.10 Å². The molecule has 7 heteroatoms. The van der Waals surface area contributed by atoms with E-state index in [1.54, 1.807) is 23.0 Å². The highest BCUT2D eigenvalue weighted by Crippen LogP contribution is 2.22. The smallest absolute Gasteiger partial charge is 0.287 e. The summed E-state index contributed by atoms with van der Waals surface area (Å²) >= 11 is 6.12. The van der Waals surface area contributed by atoms with Gasteiger partial charge in [0.15, 0.2) is 5.76 Å². The zero-order valence-corrected chi connectivity index (χ0v) is 16.6. The van der Waals surface area contributed by atoms with Crippen molar-refractivity contribution in [2.75, 3.05) is 0 Å². The van der Waals surface area contributed by atoms with E-state index in [9.17, 15) is 4.79 Å². The zero-order chi connectivity index (χ0) is 20.2. The van der Waals surface area contributed by atoms with Crippen molar-refractivity contribution >= 4 is 28.3 Å². The fourth-order valence-electron chi connectivity index (χ4n) is 2.96. The summed E-state index contributed by atoms with van der Waals surface area (Å²) in [6, 6.07) is 17.3. The summed E-state index contributed by atoms with van der Waals surface area (Å²) in [5.41, 5.74) is 0.619. The Bertz CT molecular complexity index is 1150. The average molecular weight is 410 g/mol. The van der Waals surface area contributed by atoms with E-state index in [1.807, 2.05) is 43.3 Å². The monoisotopic (exact) mass is 409 g/mol. The molecule has 0 unspecified atom stereocenters. The van der Waals surface area contributed by atoms with Gasteiger partial charge in [-0.15, -0.1) is 0 Å². The summed E-state index contributed by atoms with van der Waals surface area (Å²) in [6.07, 6.45) is 1.73. The molecule has 148 valence electrons. The van der Waals surface area contributed by atoms with Crippen LogP contribution in [-0.2, 0) is 19.7 Å². The van der Waals surface area contributed by atoms with Crippen LogP contribution in [0.3, 0.4) is 0 Å². The Kier molecular flexibility index (Phi) is 5.53. The van der Waals surface area contributed by atoms with Crippen LogP contribution in [0, 0.1) is 0 Å². The molecule has 0 bridgehead atoms. The van der Waals surface area contributed by atoms with Gasteiger partial charge in [-0.25, -0.2) is 0 Å². The Balaban J connectivity index is 1.34. The Morgan fingerprint density at radius 3 is 2.79 bits per heavy atom. The molecule has 1 amide bonds. The van der Waals surface area contributed by atoms with E-state index in [1.165, 1.54) is 0 Å². The van der Waals surface area contributed by atoms with Crippen LogP contribution in [-0.4, -0.2) is 15.7 Å². The number of benzene rings is 2. The molecule has 29 heavy (non-hydrogen) atoms. The molecule has 4 rings (SSSR count). The maximum Gasteiger partial charge on any atom is 0.287 e. The number of ether oxygens (including phenoxy) is 1. The zero-order valence-electron chi connectivity index (χ0n) is 15.9. The number of furan rings is 1. The normalized spacial score (nSPS) is 11.0. The summed E-state index contributed by atoms with van der Waals surface area (Å²) in [5, 5.41) is 9.85. The molecule has 0 aliphatic heterocycles. The van der Waals surface area contributed by atoms with E-state index in [0.29, 0.717) is 23.0 Å². The molecule has 4 aromatic rings. The number of carbonyl (C=O) groups is 1. The van der Waals surface area contributed by atoms with Crippen molar-refractivity contribution in [1.82, 2.24) is 15.1 Å². The summed E-state index contributed by atoms with van der Waals surface area (Å²) in [7, 11) is 0. The van der Waals surface area contributed by atoms with Crippen molar-refractivity contribution < 1.29 is 13.9 Å². The lowest BCUT2D eigenvalue weighted by Gasteiger charge is -2.06. The van der Waals surface area contributed by atoms with Crippen LogP contribution >= 0.6 is 11.6 Å². The van der Waals surface area contributed by atoms with E-state index < -0.39 is 0 Å². The number of nitrogens with one attached hydrogen (secondary N) is 1. The predicted molar refractivity (Wildman–Crippen MR) is 111 cm³/mol. The molecule has 0 spiro atoms. The lowest BCUT2D eigenvalue weighted by molar-refractivity contribution is 0.0918. The maximum atomic E-state index is 12.3. The van der Waals surface area contributed by atoms with Crippen LogP contribution in [0.1, 0.15) is 28.9 Å². The summed E-state index contributed by atoms with van der Waals surface area (Å²) in [6.45, 7) is 3.15. The van der Waals surface area contributed by atoms with E-state index >= 15 is 0 Å². The Morgan fingerprint density at radius 2 is 2.00 bits per heavy atom. The Labute approximate surface area is 173 Å². The van der Waals surface area contributed by atoms with Crippen LogP contribution < -0.4 is 10.1 Å². The van der Waals surface area contributed by atoms with Gasteiger partial charge in [0.05, 0.1) is 11.6 Å². The molecule has 0 saturated heterocycles. The molecule has 1 N–H and O–H groups in total. The van der Waals surface area contributed by atoms with Crippen molar-refractivity contribution in [3.05, 3.63) is 83.0 Å². The van der Waals surface area contributed by atoms with Gasteiger partial charge in [0.25, 0.3) is 5.91 Å². The van der Waals surface area contributed by atoms with Gasteiger partial charge in [0.2, 0.25) is 0 Å². The molecule has 0 radical (unpaired) electrons. The molecular formula is C22H20ClN3O3. The minimum atomic E-state index is -0.330. The number of aryl methyl sites for hydroxylation is 1. The quantitative estimate of drug-likeness (QED) is 0.475. The number of hydrogen-bond donors (Lipinski definition) is 1. The second-order valence-corrected chi connectivity index (χ2v) is 6.93. The second-order valence-electron chi connectivity index (χ2n) is 6.53. The summed E-state index contributed by atoms with van der Waals surface area (Å²) < 4.78 is 13.1. The summed E-state index contributed by atoms with van der Waals surface area (Å²) in [4.78, 5) is 12.3. The van der Waals surface area contributed by atoms with Gasteiger partial charge < -0.3 is 14.5 Å². The van der Waals surface area contributed by atoms with E-state index in [4.69, 9.17) is 20.8 Å². The topological polar surface area (TPSA) is 69.3 Å². The predicted octanol–water partition coefficient (Wildman–Crippen LogP) is 4.81. The molecule has 2 aromatic carbocycles. The molecule has 0 saturated carbocycles. The van der Waals surface area contributed by atoms with Crippen molar-refractivity contribution in [2.45, 2.75) is 26.6 Å². The lowest BCUT2D eigenvalue weighted by atomic mass is 10.1. The standard InChI is InChI=1S/C22H20ClN3O3/c1-2-26-13-19(23)20(25-26)12-24-22(27)21-10-9-18(29-21)14-28-17-8-7-15-5-3-4-6-16(15)11-17/h3-11,13H,2,12,14H2,1H3,(H,24,27). The number of carbonyl (C=O) groups excluding carboxylic acids is 1. The number of amides is 1. The van der Waals surface area contributed by atoms with Crippen molar-refractivity contribution in [1.29, 1.82) is 0 Å². The summed E-state index contributed by atoms with van der Waals surface area (Å²) in [5.74, 6) is 1.20.